The van der Waals surface area contributed by atoms with Gasteiger partial charge in [0.2, 0.25) is 0 Å². The first-order chi connectivity index (χ1) is 14.8. The first-order valence-corrected chi connectivity index (χ1v) is 11.4. The maximum absolute atomic E-state index is 12.9. The number of nitrogens with one attached hydrogen (secondary N) is 3. The quantitative estimate of drug-likeness (QED) is 0.387. The second kappa shape index (κ2) is 8.52. The van der Waals surface area contributed by atoms with E-state index in [1.807, 2.05) is 48.7 Å². The van der Waals surface area contributed by atoms with Gasteiger partial charge in [-0.15, -0.1) is 23.1 Å². The van der Waals surface area contributed by atoms with Crippen LogP contribution >= 0.6 is 23.1 Å². The van der Waals surface area contributed by atoms with Gasteiger partial charge in [-0.2, -0.15) is 0 Å². The molecule has 2 heterocycles. The van der Waals surface area contributed by atoms with Crippen LogP contribution in [0.3, 0.4) is 0 Å². The normalized spacial score (nSPS) is 17.9. The zero-order valence-corrected chi connectivity index (χ0v) is 18.5. The first-order valence-electron chi connectivity index (χ1n) is 9.53. The lowest BCUT2D eigenvalue weighted by Crippen LogP contribution is -2.46. The van der Waals surface area contributed by atoms with Crippen LogP contribution in [-0.2, 0) is 4.79 Å². The number of imide groups is 1. The van der Waals surface area contributed by atoms with Gasteiger partial charge in [-0.05, 0) is 38.1 Å². The number of rotatable bonds is 6. The lowest BCUT2D eigenvalue weighted by Gasteiger charge is -2.20. The van der Waals surface area contributed by atoms with Crippen molar-refractivity contribution in [2.75, 3.05) is 11.1 Å². The molecule has 0 radical (unpaired) electrons. The standard InChI is InChI=1S/C22H20N4O3S2/c1-13-23-17(11-30-13)14-7-9-15(10-8-14)24-19(27)16-5-3-4-6-18(16)31-12-22(2)20(28)25-21(29)26-22/h3-11H,12H2,1-2H3,(H,24,27)(H2,25,26,28,29). The molecule has 4 amide bonds. The molecular formula is C22H20N4O3S2. The summed E-state index contributed by atoms with van der Waals surface area (Å²) in [6.45, 7) is 3.62. The number of hydrogen-bond donors (Lipinski definition) is 3. The molecule has 3 aromatic rings. The maximum Gasteiger partial charge on any atom is 0.322 e. The van der Waals surface area contributed by atoms with Gasteiger partial charge in [0.1, 0.15) is 5.54 Å². The Kier molecular flexibility index (Phi) is 5.79. The van der Waals surface area contributed by atoms with Crippen LogP contribution < -0.4 is 16.0 Å². The minimum absolute atomic E-state index is 0.245. The molecule has 7 nitrogen and oxygen atoms in total. The molecule has 1 atom stereocenters. The molecule has 158 valence electrons. The van der Waals surface area contributed by atoms with Crippen LogP contribution in [0.2, 0.25) is 0 Å². The van der Waals surface area contributed by atoms with E-state index in [4.69, 9.17) is 0 Å². The van der Waals surface area contributed by atoms with E-state index in [1.54, 1.807) is 30.4 Å². The topological polar surface area (TPSA) is 100 Å². The summed E-state index contributed by atoms with van der Waals surface area (Å²) < 4.78 is 0. The van der Waals surface area contributed by atoms with E-state index in [-0.39, 0.29) is 11.8 Å². The molecule has 4 rings (SSSR count). The van der Waals surface area contributed by atoms with Crippen LogP contribution in [0.1, 0.15) is 22.3 Å². The number of hydrogen-bond acceptors (Lipinski definition) is 6. The van der Waals surface area contributed by atoms with E-state index in [0.717, 1.165) is 21.2 Å². The highest BCUT2D eigenvalue weighted by Crippen LogP contribution is 2.28. The molecule has 0 bridgehead atoms. The summed E-state index contributed by atoms with van der Waals surface area (Å²) in [5.41, 5.74) is 2.06. The number of thiazole rings is 1. The van der Waals surface area contributed by atoms with Crippen molar-refractivity contribution in [1.29, 1.82) is 0 Å². The average Bonchev–Trinajstić information content (AvgIpc) is 3.29. The Labute approximate surface area is 187 Å². The zero-order valence-electron chi connectivity index (χ0n) is 16.9. The Hall–Kier alpha value is -3.17. The molecule has 1 aromatic heterocycles. The van der Waals surface area contributed by atoms with Gasteiger partial charge in [-0.3, -0.25) is 14.9 Å². The molecule has 1 saturated heterocycles. The van der Waals surface area contributed by atoms with E-state index in [2.05, 4.69) is 20.9 Å². The summed E-state index contributed by atoms with van der Waals surface area (Å²) in [6, 6.07) is 14.2. The number of anilines is 1. The van der Waals surface area contributed by atoms with Crippen LogP contribution in [0, 0.1) is 6.92 Å². The maximum atomic E-state index is 12.9. The first kappa shape index (κ1) is 21.1. The fourth-order valence-electron chi connectivity index (χ4n) is 3.10. The lowest BCUT2D eigenvalue weighted by molar-refractivity contribution is -0.122. The van der Waals surface area contributed by atoms with Crippen molar-refractivity contribution in [3.63, 3.8) is 0 Å². The van der Waals surface area contributed by atoms with Crippen molar-refractivity contribution in [2.24, 2.45) is 0 Å². The number of urea groups is 1. The summed E-state index contributed by atoms with van der Waals surface area (Å²) in [5.74, 6) is -0.316. The van der Waals surface area contributed by atoms with Crippen molar-refractivity contribution in [3.8, 4) is 11.3 Å². The highest BCUT2D eigenvalue weighted by Gasteiger charge is 2.41. The van der Waals surface area contributed by atoms with Crippen molar-refractivity contribution in [1.82, 2.24) is 15.6 Å². The molecule has 1 unspecified atom stereocenters. The van der Waals surface area contributed by atoms with Crippen LogP contribution in [0.25, 0.3) is 11.3 Å². The molecule has 0 spiro atoms. The third-order valence-corrected chi connectivity index (χ3v) is 6.99. The predicted octanol–water partition coefficient (Wildman–Crippen LogP) is 4.06. The Morgan fingerprint density at radius 2 is 1.90 bits per heavy atom. The molecular weight excluding hydrogens is 432 g/mol. The highest BCUT2D eigenvalue weighted by atomic mass is 32.2. The molecule has 31 heavy (non-hydrogen) atoms. The molecule has 2 aromatic carbocycles. The SMILES string of the molecule is Cc1nc(-c2ccc(NC(=O)c3ccccc3SCC3(C)NC(=O)NC3=O)cc2)cs1. The Morgan fingerprint density at radius 3 is 2.55 bits per heavy atom. The number of aromatic nitrogens is 1. The van der Waals surface area contributed by atoms with Crippen molar-refractivity contribution in [2.45, 2.75) is 24.3 Å². The fourth-order valence-corrected chi connectivity index (χ4v) is 4.86. The molecule has 0 saturated carbocycles. The largest absolute Gasteiger partial charge is 0.323 e. The van der Waals surface area contributed by atoms with Crippen LogP contribution in [0.5, 0.6) is 0 Å². The molecule has 1 aliphatic rings. The van der Waals surface area contributed by atoms with Crippen molar-refractivity contribution in [3.05, 3.63) is 64.5 Å². The summed E-state index contributed by atoms with van der Waals surface area (Å²) in [7, 11) is 0. The molecule has 3 N–H and O–H groups in total. The zero-order chi connectivity index (χ0) is 22.0. The fraction of sp³-hybridized carbons (Fsp3) is 0.182. The monoisotopic (exact) mass is 452 g/mol. The number of carbonyl (C=O) groups is 3. The van der Waals surface area contributed by atoms with Crippen LogP contribution in [-0.4, -0.2) is 34.1 Å². The molecule has 9 heteroatoms. The number of nitrogens with zero attached hydrogens (tertiary/aromatic N) is 1. The highest BCUT2D eigenvalue weighted by molar-refractivity contribution is 7.99. The number of thioether (sulfide) groups is 1. The van der Waals surface area contributed by atoms with E-state index < -0.39 is 11.6 Å². The Morgan fingerprint density at radius 1 is 1.16 bits per heavy atom. The number of benzene rings is 2. The Bertz CT molecular complexity index is 1160. The number of aryl methyl sites for hydroxylation is 1. The third kappa shape index (κ3) is 4.62. The van der Waals surface area contributed by atoms with Gasteiger partial charge in [0, 0.05) is 27.3 Å². The van der Waals surface area contributed by atoms with Crippen molar-refractivity contribution < 1.29 is 14.4 Å². The van der Waals surface area contributed by atoms with E-state index in [9.17, 15) is 14.4 Å². The van der Waals surface area contributed by atoms with Gasteiger partial charge in [0.25, 0.3) is 11.8 Å². The second-order valence-corrected chi connectivity index (χ2v) is 9.39. The second-order valence-electron chi connectivity index (χ2n) is 7.31. The van der Waals surface area contributed by atoms with E-state index in [0.29, 0.717) is 17.0 Å². The van der Waals surface area contributed by atoms with E-state index in [1.165, 1.54) is 11.8 Å². The summed E-state index contributed by atoms with van der Waals surface area (Å²) in [4.78, 5) is 41.6. The minimum atomic E-state index is -1.02. The smallest absolute Gasteiger partial charge is 0.322 e. The van der Waals surface area contributed by atoms with Crippen LogP contribution in [0.15, 0.2) is 58.8 Å². The average molecular weight is 453 g/mol. The van der Waals surface area contributed by atoms with Gasteiger partial charge in [-0.25, -0.2) is 9.78 Å². The molecule has 0 aliphatic carbocycles. The molecule has 1 fully saturated rings. The van der Waals surface area contributed by atoms with Gasteiger partial charge >= 0.3 is 6.03 Å². The summed E-state index contributed by atoms with van der Waals surface area (Å²) in [5, 5.41) is 10.8. The summed E-state index contributed by atoms with van der Waals surface area (Å²) in [6.07, 6.45) is 0. The van der Waals surface area contributed by atoms with Gasteiger partial charge < -0.3 is 10.6 Å². The van der Waals surface area contributed by atoms with Crippen molar-refractivity contribution >= 4 is 46.6 Å². The van der Waals surface area contributed by atoms with Gasteiger partial charge in [-0.1, -0.05) is 24.3 Å². The minimum Gasteiger partial charge on any atom is -0.323 e. The van der Waals surface area contributed by atoms with Gasteiger partial charge in [0.05, 0.1) is 16.3 Å². The number of amides is 4. The van der Waals surface area contributed by atoms with E-state index >= 15 is 0 Å². The van der Waals surface area contributed by atoms with Crippen LogP contribution in [0.4, 0.5) is 10.5 Å². The molecule has 1 aliphatic heterocycles. The predicted molar refractivity (Wildman–Crippen MR) is 122 cm³/mol. The third-order valence-electron chi connectivity index (χ3n) is 4.82. The van der Waals surface area contributed by atoms with Gasteiger partial charge in [0.15, 0.2) is 0 Å². The lowest BCUT2D eigenvalue weighted by atomic mass is 10.1. The Balaban J connectivity index is 1.45. The summed E-state index contributed by atoms with van der Waals surface area (Å²) >= 11 is 2.94. The number of carbonyl (C=O) groups excluding carboxylic acids is 3.